The van der Waals surface area contributed by atoms with Crippen LogP contribution in [0.2, 0.25) is 0 Å². The maximum absolute atomic E-state index is 12.1. The molecule has 0 aliphatic heterocycles. The van der Waals surface area contributed by atoms with E-state index < -0.39 is 0 Å². The number of carbonyl (C=O) groups is 1. The number of hydrogen-bond donors (Lipinski definition) is 2. The van der Waals surface area contributed by atoms with E-state index >= 15 is 0 Å². The van der Waals surface area contributed by atoms with Crippen molar-refractivity contribution in [3.63, 3.8) is 0 Å². The van der Waals surface area contributed by atoms with Gasteiger partial charge in [0.05, 0.1) is 13.2 Å². The number of hydrogen-bond acceptors (Lipinski definition) is 4. The van der Waals surface area contributed by atoms with Crippen molar-refractivity contribution in [2.24, 2.45) is 0 Å². The highest BCUT2D eigenvalue weighted by molar-refractivity contribution is 5.89. The first-order valence-corrected chi connectivity index (χ1v) is 12.0. The van der Waals surface area contributed by atoms with Gasteiger partial charge in [-0.3, -0.25) is 4.98 Å². The second-order valence-corrected chi connectivity index (χ2v) is 8.66. The average Bonchev–Trinajstić information content (AvgIpc) is 3.36. The summed E-state index contributed by atoms with van der Waals surface area (Å²) in [6.45, 7) is 2.47. The van der Waals surface area contributed by atoms with E-state index in [0.717, 1.165) is 47.6 Å². The molecule has 0 radical (unpaired) electrons. The summed E-state index contributed by atoms with van der Waals surface area (Å²) >= 11 is 0. The van der Waals surface area contributed by atoms with Gasteiger partial charge in [-0.15, -0.1) is 0 Å². The third-order valence-electron chi connectivity index (χ3n) is 6.26. The SMILES string of the molecule is CCNC(=O)Nc1cccc([C@H](Cc2ccncc2)c2ccc(OC)c(OC3CCCC3)c2)c1. The number of ether oxygens (including phenoxy) is 2. The number of urea groups is 1. The summed E-state index contributed by atoms with van der Waals surface area (Å²) in [4.78, 5) is 16.2. The molecule has 34 heavy (non-hydrogen) atoms. The quantitative estimate of drug-likeness (QED) is 0.416. The lowest BCUT2D eigenvalue weighted by Gasteiger charge is -2.22. The average molecular weight is 460 g/mol. The highest BCUT2D eigenvalue weighted by Gasteiger charge is 2.22. The lowest BCUT2D eigenvalue weighted by molar-refractivity contribution is 0.200. The van der Waals surface area contributed by atoms with Gasteiger partial charge >= 0.3 is 6.03 Å². The van der Waals surface area contributed by atoms with Gasteiger partial charge < -0.3 is 20.1 Å². The highest BCUT2D eigenvalue weighted by atomic mass is 16.5. The van der Waals surface area contributed by atoms with Crippen LogP contribution in [0.25, 0.3) is 0 Å². The summed E-state index contributed by atoms with van der Waals surface area (Å²) in [5.41, 5.74) is 4.21. The second kappa shape index (κ2) is 11.5. The van der Waals surface area contributed by atoms with Crippen molar-refractivity contribution in [3.8, 4) is 11.5 Å². The molecular weight excluding hydrogens is 426 g/mol. The maximum Gasteiger partial charge on any atom is 0.319 e. The molecule has 4 rings (SSSR count). The van der Waals surface area contributed by atoms with Crippen molar-refractivity contribution < 1.29 is 14.3 Å². The van der Waals surface area contributed by atoms with Crippen LogP contribution in [0.4, 0.5) is 10.5 Å². The molecule has 178 valence electrons. The standard InChI is InChI=1S/C28H33N3O3/c1-3-30-28(32)31-23-8-6-7-21(18-23)25(17-20-13-15-29-16-14-20)22-11-12-26(33-2)27(19-22)34-24-9-4-5-10-24/h6-8,11-16,18-19,24-25H,3-5,9-10,17H2,1-2H3,(H2,30,31,32)/t25-/m0/s1. The van der Waals surface area contributed by atoms with Gasteiger partial charge in [-0.2, -0.15) is 0 Å². The molecule has 2 aromatic carbocycles. The minimum Gasteiger partial charge on any atom is -0.493 e. The monoisotopic (exact) mass is 459 g/mol. The van der Waals surface area contributed by atoms with Gasteiger partial charge in [0.2, 0.25) is 0 Å². The zero-order valence-electron chi connectivity index (χ0n) is 19.9. The lowest BCUT2D eigenvalue weighted by Crippen LogP contribution is -2.28. The van der Waals surface area contributed by atoms with Crippen LogP contribution in [0.3, 0.4) is 0 Å². The van der Waals surface area contributed by atoms with Crippen LogP contribution in [-0.4, -0.2) is 30.8 Å². The summed E-state index contributed by atoms with van der Waals surface area (Å²) < 4.78 is 12.0. The molecule has 3 aromatic rings. The molecule has 2 N–H and O–H groups in total. The van der Waals surface area contributed by atoms with Crippen molar-refractivity contribution in [3.05, 3.63) is 83.7 Å². The predicted molar refractivity (Wildman–Crippen MR) is 135 cm³/mol. The fourth-order valence-electron chi connectivity index (χ4n) is 4.54. The van der Waals surface area contributed by atoms with E-state index in [4.69, 9.17) is 9.47 Å². The number of pyridine rings is 1. The number of benzene rings is 2. The molecule has 2 amide bonds. The molecule has 1 heterocycles. The number of carbonyl (C=O) groups excluding carboxylic acids is 1. The van der Waals surface area contributed by atoms with E-state index in [2.05, 4.69) is 33.8 Å². The number of nitrogens with zero attached hydrogens (tertiary/aromatic N) is 1. The van der Waals surface area contributed by atoms with Crippen LogP contribution in [0, 0.1) is 0 Å². The number of rotatable bonds is 9. The van der Waals surface area contributed by atoms with Gasteiger partial charge in [-0.1, -0.05) is 18.2 Å². The first-order valence-electron chi connectivity index (χ1n) is 12.0. The van der Waals surface area contributed by atoms with Crippen molar-refractivity contribution in [1.29, 1.82) is 0 Å². The molecule has 1 atom stereocenters. The summed E-state index contributed by atoms with van der Waals surface area (Å²) in [6, 6.07) is 18.1. The Labute approximate surface area is 201 Å². The molecule has 1 aliphatic carbocycles. The van der Waals surface area contributed by atoms with Crippen LogP contribution in [0.1, 0.15) is 55.2 Å². The Morgan fingerprint density at radius 3 is 2.53 bits per heavy atom. The fourth-order valence-corrected chi connectivity index (χ4v) is 4.54. The molecule has 0 unspecified atom stereocenters. The van der Waals surface area contributed by atoms with E-state index in [1.54, 1.807) is 7.11 Å². The Balaban J connectivity index is 1.68. The predicted octanol–water partition coefficient (Wildman–Crippen LogP) is 5.93. The molecule has 6 nitrogen and oxygen atoms in total. The van der Waals surface area contributed by atoms with Gasteiger partial charge in [0.15, 0.2) is 11.5 Å². The van der Waals surface area contributed by atoms with Gasteiger partial charge in [-0.05, 0) is 92.1 Å². The van der Waals surface area contributed by atoms with Crippen LogP contribution >= 0.6 is 0 Å². The molecule has 0 bridgehead atoms. The molecule has 1 aromatic heterocycles. The number of methoxy groups -OCH3 is 1. The van der Waals surface area contributed by atoms with Gasteiger partial charge in [0.25, 0.3) is 0 Å². The third-order valence-corrected chi connectivity index (χ3v) is 6.26. The maximum atomic E-state index is 12.1. The Kier molecular flexibility index (Phi) is 8.02. The molecule has 6 heteroatoms. The van der Waals surface area contributed by atoms with Crippen molar-refractivity contribution >= 4 is 11.7 Å². The first kappa shape index (κ1) is 23.6. The minimum atomic E-state index is -0.206. The van der Waals surface area contributed by atoms with E-state index in [1.165, 1.54) is 18.4 Å². The number of nitrogens with one attached hydrogen (secondary N) is 2. The van der Waals surface area contributed by atoms with Crippen LogP contribution < -0.4 is 20.1 Å². The van der Waals surface area contributed by atoms with Gasteiger partial charge in [-0.25, -0.2) is 4.79 Å². The zero-order valence-corrected chi connectivity index (χ0v) is 19.9. The topological polar surface area (TPSA) is 72.5 Å². The molecule has 1 aliphatic rings. The van der Waals surface area contributed by atoms with Gasteiger partial charge in [0.1, 0.15) is 0 Å². The van der Waals surface area contributed by atoms with Crippen molar-refractivity contribution in [1.82, 2.24) is 10.3 Å². The van der Waals surface area contributed by atoms with Gasteiger partial charge in [0, 0.05) is 30.5 Å². The number of anilines is 1. The Morgan fingerprint density at radius 2 is 1.79 bits per heavy atom. The molecule has 0 saturated heterocycles. The molecule has 0 spiro atoms. The van der Waals surface area contributed by atoms with Crippen LogP contribution in [-0.2, 0) is 6.42 Å². The third kappa shape index (κ3) is 6.07. The summed E-state index contributed by atoms with van der Waals surface area (Å²) in [5, 5.41) is 5.71. The highest BCUT2D eigenvalue weighted by Crippen LogP contribution is 2.37. The molecular formula is C28H33N3O3. The van der Waals surface area contributed by atoms with Crippen LogP contribution in [0.5, 0.6) is 11.5 Å². The Morgan fingerprint density at radius 1 is 1.03 bits per heavy atom. The Hall–Kier alpha value is -3.54. The van der Waals surface area contributed by atoms with Crippen LogP contribution in [0.15, 0.2) is 67.0 Å². The van der Waals surface area contributed by atoms with Crippen molar-refractivity contribution in [2.75, 3.05) is 19.0 Å². The largest absolute Gasteiger partial charge is 0.493 e. The van der Waals surface area contributed by atoms with E-state index in [1.807, 2.05) is 55.7 Å². The summed E-state index contributed by atoms with van der Waals surface area (Å²) in [7, 11) is 1.68. The molecule has 1 fully saturated rings. The van der Waals surface area contributed by atoms with E-state index in [-0.39, 0.29) is 18.1 Å². The lowest BCUT2D eigenvalue weighted by atomic mass is 9.85. The number of amides is 2. The van der Waals surface area contributed by atoms with Crippen molar-refractivity contribution in [2.45, 2.75) is 51.0 Å². The smallest absolute Gasteiger partial charge is 0.319 e. The number of aromatic nitrogens is 1. The molecule has 1 saturated carbocycles. The van der Waals surface area contributed by atoms with E-state index in [9.17, 15) is 4.79 Å². The normalized spacial score (nSPS) is 14.4. The summed E-state index contributed by atoms with van der Waals surface area (Å²) in [5.74, 6) is 1.61. The zero-order chi connectivity index (χ0) is 23.8. The minimum absolute atomic E-state index is 0.0650. The summed E-state index contributed by atoms with van der Waals surface area (Å²) in [6.07, 6.45) is 9.27. The second-order valence-electron chi connectivity index (χ2n) is 8.66. The fraction of sp³-hybridized carbons (Fsp3) is 0.357. The first-order chi connectivity index (χ1) is 16.7. The van der Waals surface area contributed by atoms with E-state index in [0.29, 0.717) is 6.54 Å². The Bertz CT molecular complexity index is 1080.